The SMILES string of the molecule is CC(Cc1ccc(C(=O)Nc2cc(-c3cccs3)ccc2NC(=O)OC(C)(C)C)cc1)[PH](=O)O. The fraction of sp³-hybridized carbons (Fsp3) is 0.280. The predicted molar refractivity (Wildman–Crippen MR) is 138 cm³/mol. The standard InChI is InChI=1S/C25H29N2O5PS/c1-16(33(30)31)14-17-7-9-18(10-8-17)23(28)26-21-15-19(22-6-5-13-34-22)11-12-20(21)27-24(29)32-25(2,3)4/h5-13,15-16,33H,14H2,1-4H3,(H,26,28)(H,27,29)(H,30,31). The van der Waals surface area contributed by atoms with E-state index in [1.807, 2.05) is 29.6 Å². The van der Waals surface area contributed by atoms with Gasteiger partial charge in [-0.25, -0.2) is 4.79 Å². The molecule has 2 amide bonds. The highest BCUT2D eigenvalue weighted by Gasteiger charge is 2.19. The van der Waals surface area contributed by atoms with Gasteiger partial charge in [0, 0.05) is 16.1 Å². The molecular weight excluding hydrogens is 471 g/mol. The lowest BCUT2D eigenvalue weighted by Crippen LogP contribution is -2.27. The molecule has 0 saturated heterocycles. The van der Waals surface area contributed by atoms with E-state index < -0.39 is 19.7 Å². The summed E-state index contributed by atoms with van der Waals surface area (Å²) in [6.45, 7) is 7.05. The number of amides is 2. The molecule has 0 fully saturated rings. The van der Waals surface area contributed by atoms with E-state index >= 15 is 0 Å². The van der Waals surface area contributed by atoms with Gasteiger partial charge in [0.2, 0.25) is 0 Å². The van der Waals surface area contributed by atoms with Gasteiger partial charge >= 0.3 is 6.09 Å². The molecule has 7 nitrogen and oxygen atoms in total. The molecule has 1 aromatic heterocycles. The summed E-state index contributed by atoms with van der Waals surface area (Å²) in [5.74, 6) is -0.342. The zero-order valence-electron chi connectivity index (χ0n) is 19.5. The Labute approximate surface area is 204 Å². The van der Waals surface area contributed by atoms with Crippen molar-refractivity contribution < 1.29 is 23.8 Å². The first-order valence-electron chi connectivity index (χ1n) is 10.8. The van der Waals surface area contributed by atoms with Crippen molar-refractivity contribution in [2.45, 2.75) is 45.4 Å². The lowest BCUT2D eigenvalue weighted by molar-refractivity contribution is 0.0635. The Balaban J connectivity index is 1.83. The maximum atomic E-state index is 13.0. The Morgan fingerprint density at radius 1 is 1.06 bits per heavy atom. The van der Waals surface area contributed by atoms with Crippen molar-refractivity contribution in [3.63, 3.8) is 0 Å². The number of carbonyl (C=O) groups is 2. The number of benzene rings is 2. The molecule has 2 unspecified atom stereocenters. The molecule has 9 heteroatoms. The van der Waals surface area contributed by atoms with E-state index in [0.29, 0.717) is 23.4 Å². The number of hydrogen-bond donors (Lipinski definition) is 3. The average molecular weight is 501 g/mol. The number of hydrogen-bond acceptors (Lipinski definition) is 5. The molecule has 3 aromatic rings. The Kier molecular flexibility index (Phi) is 8.31. The molecule has 0 saturated carbocycles. The summed E-state index contributed by atoms with van der Waals surface area (Å²) in [6, 6.07) is 16.2. The monoisotopic (exact) mass is 500 g/mol. The van der Waals surface area contributed by atoms with E-state index in [1.54, 1.807) is 69.4 Å². The molecule has 1 heterocycles. The van der Waals surface area contributed by atoms with Crippen LogP contribution in [0.2, 0.25) is 0 Å². The molecule has 0 bridgehead atoms. The van der Waals surface area contributed by atoms with Crippen LogP contribution in [0.1, 0.15) is 43.6 Å². The number of anilines is 2. The Morgan fingerprint density at radius 3 is 2.35 bits per heavy atom. The van der Waals surface area contributed by atoms with Crippen LogP contribution in [-0.2, 0) is 15.7 Å². The second-order valence-electron chi connectivity index (χ2n) is 8.96. The summed E-state index contributed by atoms with van der Waals surface area (Å²) in [5, 5.41) is 7.57. The second kappa shape index (κ2) is 11.0. The van der Waals surface area contributed by atoms with Gasteiger partial charge in [-0.1, -0.05) is 31.2 Å². The Bertz CT molecular complexity index is 1170. The summed E-state index contributed by atoms with van der Waals surface area (Å²) in [5.41, 5.74) is 2.09. The highest BCUT2D eigenvalue weighted by Crippen LogP contribution is 2.32. The van der Waals surface area contributed by atoms with Gasteiger partial charge in [0.1, 0.15) is 5.60 Å². The van der Waals surface area contributed by atoms with Gasteiger partial charge in [-0.2, -0.15) is 0 Å². The number of ether oxygens (including phenoxy) is 1. The molecule has 34 heavy (non-hydrogen) atoms. The summed E-state index contributed by atoms with van der Waals surface area (Å²) >= 11 is 1.57. The first-order chi connectivity index (χ1) is 16.0. The number of carbonyl (C=O) groups excluding carboxylic acids is 2. The van der Waals surface area contributed by atoms with Gasteiger partial charge in [-0.15, -0.1) is 11.3 Å². The normalized spacial score (nSPS) is 13.1. The van der Waals surface area contributed by atoms with E-state index in [-0.39, 0.29) is 11.6 Å². The first kappa shape index (κ1) is 25.7. The van der Waals surface area contributed by atoms with Crippen LogP contribution in [0.3, 0.4) is 0 Å². The second-order valence-corrected chi connectivity index (χ2v) is 11.6. The quantitative estimate of drug-likeness (QED) is 0.325. The highest BCUT2D eigenvalue weighted by atomic mass is 32.1. The van der Waals surface area contributed by atoms with Gasteiger partial charge in [0.25, 0.3) is 5.91 Å². The third-order valence-corrected chi connectivity index (χ3v) is 6.85. The van der Waals surface area contributed by atoms with Gasteiger partial charge in [-0.3, -0.25) is 14.7 Å². The van der Waals surface area contributed by atoms with E-state index in [1.165, 1.54) is 0 Å². The summed E-state index contributed by atoms with van der Waals surface area (Å²) in [7, 11) is -2.60. The fourth-order valence-corrected chi connectivity index (χ4v) is 4.33. The van der Waals surface area contributed by atoms with Crippen LogP contribution in [0.15, 0.2) is 60.0 Å². The van der Waals surface area contributed by atoms with Crippen LogP contribution >= 0.6 is 19.4 Å². The van der Waals surface area contributed by atoms with Crippen LogP contribution in [0, 0.1) is 0 Å². The smallest absolute Gasteiger partial charge is 0.412 e. The molecule has 2 aromatic carbocycles. The highest BCUT2D eigenvalue weighted by molar-refractivity contribution is 7.38. The van der Waals surface area contributed by atoms with Crippen LogP contribution in [0.25, 0.3) is 10.4 Å². The topological polar surface area (TPSA) is 105 Å². The van der Waals surface area contributed by atoms with Crippen molar-refractivity contribution in [1.82, 2.24) is 0 Å². The van der Waals surface area contributed by atoms with Crippen LogP contribution < -0.4 is 10.6 Å². The van der Waals surface area contributed by atoms with Crippen molar-refractivity contribution >= 4 is 42.7 Å². The van der Waals surface area contributed by atoms with Crippen molar-refractivity contribution in [1.29, 1.82) is 0 Å². The molecule has 2 atom stereocenters. The number of rotatable bonds is 7. The Hall–Kier alpha value is -2.93. The van der Waals surface area contributed by atoms with Gasteiger partial charge in [0.15, 0.2) is 8.03 Å². The minimum atomic E-state index is -2.60. The maximum Gasteiger partial charge on any atom is 0.412 e. The fourth-order valence-electron chi connectivity index (χ4n) is 3.19. The minimum absolute atomic E-state index is 0.328. The molecule has 3 N–H and O–H groups in total. The first-order valence-corrected chi connectivity index (χ1v) is 13.1. The average Bonchev–Trinajstić information content (AvgIpc) is 3.29. The van der Waals surface area contributed by atoms with Gasteiger partial charge in [-0.05, 0) is 74.0 Å². The van der Waals surface area contributed by atoms with E-state index in [9.17, 15) is 19.0 Å². The van der Waals surface area contributed by atoms with Crippen molar-refractivity contribution in [3.8, 4) is 10.4 Å². The zero-order valence-corrected chi connectivity index (χ0v) is 21.4. The van der Waals surface area contributed by atoms with E-state index in [4.69, 9.17) is 4.74 Å². The number of nitrogens with one attached hydrogen (secondary N) is 2. The van der Waals surface area contributed by atoms with E-state index in [0.717, 1.165) is 16.0 Å². The third kappa shape index (κ3) is 7.29. The van der Waals surface area contributed by atoms with Crippen LogP contribution in [-0.4, -0.2) is 28.2 Å². The summed E-state index contributed by atoms with van der Waals surface area (Å²) in [4.78, 5) is 35.6. The lowest BCUT2D eigenvalue weighted by atomic mass is 10.1. The van der Waals surface area contributed by atoms with Gasteiger partial charge in [0.05, 0.1) is 11.4 Å². The zero-order chi connectivity index (χ0) is 24.9. The molecule has 0 aliphatic carbocycles. The third-order valence-electron chi connectivity index (χ3n) is 4.89. The molecule has 0 aliphatic rings. The van der Waals surface area contributed by atoms with Crippen molar-refractivity contribution in [3.05, 3.63) is 71.1 Å². The van der Waals surface area contributed by atoms with Crippen LogP contribution in [0.4, 0.5) is 16.2 Å². The summed E-state index contributed by atoms with van der Waals surface area (Å²) in [6.07, 6.45) is -0.156. The molecule has 180 valence electrons. The molecule has 0 aliphatic heterocycles. The minimum Gasteiger partial charge on any atom is -0.444 e. The van der Waals surface area contributed by atoms with Crippen molar-refractivity contribution in [2.24, 2.45) is 0 Å². The van der Waals surface area contributed by atoms with E-state index in [2.05, 4.69) is 10.6 Å². The van der Waals surface area contributed by atoms with Crippen LogP contribution in [0.5, 0.6) is 0 Å². The number of thiophene rings is 1. The largest absolute Gasteiger partial charge is 0.444 e. The predicted octanol–water partition coefficient (Wildman–Crippen LogP) is 6.41. The molecule has 3 rings (SSSR count). The molecular formula is C25H29N2O5PS. The van der Waals surface area contributed by atoms with Crippen molar-refractivity contribution in [2.75, 3.05) is 10.6 Å². The molecule has 0 radical (unpaired) electrons. The Morgan fingerprint density at radius 2 is 1.76 bits per heavy atom. The summed E-state index contributed by atoms with van der Waals surface area (Å²) < 4.78 is 16.6. The lowest BCUT2D eigenvalue weighted by Gasteiger charge is -2.21. The maximum absolute atomic E-state index is 13.0. The molecule has 0 spiro atoms. The van der Waals surface area contributed by atoms with Gasteiger partial charge < -0.3 is 14.9 Å².